The van der Waals surface area contributed by atoms with Crippen LogP contribution in [0.4, 0.5) is 5.69 Å². The first kappa shape index (κ1) is 15.3. The van der Waals surface area contributed by atoms with E-state index < -0.39 is 10.0 Å². The molecule has 1 aliphatic heterocycles. The standard InChI is InChI=1S/C15H24N2O2S/c1-9-6-14(16)13(5)15(12(9)4)20(18,19)17-7-10(2)11(3)8-17/h6,10-11H,7-8,16H2,1-5H3. The maximum atomic E-state index is 12.9. The average molecular weight is 296 g/mol. The van der Waals surface area contributed by atoms with Gasteiger partial charge in [-0.25, -0.2) is 8.42 Å². The molecule has 5 heteroatoms. The van der Waals surface area contributed by atoms with Crippen LogP contribution in [0.1, 0.15) is 30.5 Å². The molecule has 0 aromatic heterocycles. The summed E-state index contributed by atoms with van der Waals surface area (Å²) in [6.07, 6.45) is 0. The normalized spacial score (nSPS) is 24.2. The highest BCUT2D eigenvalue weighted by Crippen LogP contribution is 2.34. The molecule has 4 nitrogen and oxygen atoms in total. The molecule has 2 rings (SSSR count). The number of hydrogen-bond acceptors (Lipinski definition) is 3. The summed E-state index contributed by atoms with van der Waals surface area (Å²) in [4.78, 5) is 0.399. The molecule has 0 aliphatic carbocycles. The predicted octanol–water partition coefficient (Wildman–Crippen LogP) is 2.47. The van der Waals surface area contributed by atoms with Gasteiger partial charge in [-0.1, -0.05) is 13.8 Å². The van der Waals surface area contributed by atoms with Gasteiger partial charge in [-0.05, 0) is 55.4 Å². The topological polar surface area (TPSA) is 63.4 Å². The lowest BCUT2D eigenvalue weighted by atomic mass is 10.0. The minimum Gasteiger partial charge on any atom is -0.398 e. The molecule has 0 spiro atoms. The third-order valence-corrected chi connectivity index (χ3v) is 6.74. The Morgan fingerprint density at radius 3 is 2.10 bits per heavy atom. The number of aryl methyl sites for hydroxylation is 1. The van der Waals surface area contributed by atoms with Gasteiger partial charge in [0.25, 0.3) is 0 Å². The molecule has 112 valence electrons. The van der Waals surface area contributed by atoms with E-state index in [1.165, 1.54) is 0 Å². The molecule has 1 aromatic carbocycles. The van der Waals surface area contributed by atoms with Gasteiger partial charge in [0.05, 0.1) is 4.90 Å². The highest BCUT2D eigenvalue weighted by molar-refractivity contribution is 7.89. The van der Waals surface area contributed by atoms with Crippen molar-refractivity contribution in [2.24, 2.45) is 11.8 Å². The summed E-state index contributed by atoms with van der Waals surface area (Å²) < 4.78 is 27.5. The zero-order chi connectivity index (χ0) is 15.2. The fraction of sp³-hybridized carbons (Fsp3) is 0.600. The molecule has 0 radical (unpaired) electrons. The van der Waals surface area contributed by atoms with E-state index in [1.807, 2.05) is 19.9 Å². The molecule has 20 heavy (non-hydrogen) atoms. The van der Waals surface area contributed by atoms with E-state index in [0.717, 1.165) is 11.1 Å². The Hall–Kier alpha value is -1.07. The Morgan fingerprint density at radius 1 is 1.10 bits per heavy atom. The quantitative estimate of drug-likeness (QED) is 0.853. The van der Waals surface area contributed by atoms with E-state index in [4.69, 9.17) is 5.73 Å². The molecule has 1 aliphatic rings. The summed E-state index contributed by atoms with van der Waals surface area (Å²) in [5.41, 5.74) is 8.90. The number of anilines is 1. The molecule has 2 unspecified atom stereocenters. The van der Waals surface area contributed by atoms with Gasteiger partial charge in [-0.3, -0.25) is 0 Å². The molecule has 0 bridgehead atoms. The first-order valence-electron chi connectivity index (χ1n) is 7.02. The molecular weight excluding hydrogens is 272 g/mol. The van der Waals surface area contributed by atoms with Gasteiger partial charge in [-0.2, -0.15) is 4.31 Å². The van der Waals surface area contributed by atoms with Crippen LogP contribution in [-0.4, -0.2) is 25.8 Å². The SMILES string of the molecule is Cc1cc(N)c(C)c(S(=O)(=O)N2CC(C)C(C)C2)c1C. The zero-order valence-electron chi connectivity index (χ0n) is 12.9. The first-order chi connectivity index (χ1) is 9.16. The smallest absolute Gasteiger partial charge is 0.243 e. The Labute approximate surface area is 122 Å². The second-order valence-electron chi connectivity index (χ2n) is 6.14. The van der Waals surface area contributed by atoms with Crippen LogP contribution in [-0.2, 0) is 10.0 Å². The van der Waals surface area contributed by atoms with E-state index in [0.29, 0.717) is 41.1 Å². The molecule has 1 saturated heterocycles. The number of rotatable bonds is 2. The molecule has 0 amide bonds. The van der Waals surface area contributed by atoms with E-state index in [9.17, 15) is 8.42 Å². The van der Waals surface area contributed by atoms with Crippen molar-refractivity contribution in [1.82, 2.24) is 4.31 Å². The lowest BCUT2D eigenvalue weighted by Gasteiger charge is -2.21. The van der Waals surface area contributed by atoms with Crippen LogP contribution < -0.4 is 5.73 Å². The van der Waals surface area contributed by atoms with Gasteiger partial charge in [0, 0.05) is 18.8 Å². The monoisotopic (exact) mass is 296 g/mol. The lowest BCUT2D eigenvalue weighted by molar-refractivity contribution is 0.462. The largest absolute Gasteiger partial charge is 0.398 e. The van der Waals surface area contributed by atoms with Gasteiger partial charge in [0.15, 0.2) is 0 Å². The zero-order valence-corrected chi connectivity index (χ0v) is 13.7. The summed E-state index contributed by atoms with van der Waals surface area (Å²) in [6, 6.07) is 1.85. The fourth-order valence-electron chi connectivity index (χ4n) is 2.83. The van der Waals surface area contributed by atoms with Crippen molar-refractivity contribution in [3.63, 3.8) is 0 Å². The summed E-state index contributed by atoms with van der Waals surface area (Å²) >= 11 is 0. The molecule has 1 aromatic rings. The maximum Gasteiger partial charge on any atom is 0.243 e. The van der Waals surface area contributed by atoms with Crippen LogP contribution in [0.2, 0.25) is 0 Å². The summed E-state index contributed by atoms with van der Waals surface area (Å²) in [7, 11) is -3.46. The molecule has 1 fully saturated rings. The van der Waals surface area contributed by atoms with Crippen molar-refractivity contribution in [3.05, 3.63) is 22.8 Å². The number of sulfonamides is 1. The van der Waals surface area contributed by atoms with Crippen molar-refractivity contribution in [2.45, 2.75) is 39.5 Å². The third-order valence-electron chi connectivity index (χ3n) is 4.63. The summed E-state index contributed by atoms with van der Waals surface area (Å²) in [6.45, 7) is 10.9. The van der Waals surface area contributed by atoms with E-state index >= 15 is 0 Å². The van der Waals surface area contributed by atoms with Crippen LogP contribution in [0.5, 0.6) is 0 Å². The number of nitrogen functional groups attached to an aromatic ring is 1. The van der Waals surface area contributed by atoms with Crippen LogP contribution in [0.3, 0.4) is 0 Å². The second-order valence-corrected chi connectivity index (χ2v) is 8.01. The summed E-state index contributed by atoms with van der Waals surface area (Å²) in [5, 5.41) is 0. The number of nitrogens with two attached hydrogens (primary N) is 1. The van der Waals surface area contributed by atoms with Gasteiger partial charge < -0.3 is 5.73 Å². The molecular formula is C15H24N2O2S. The Balaban J connectivity index is 2.56. The number of hydrogen-bond donors (Lipinski definition) is 1. The highest BCUT2D eigenvalue weighted by atomic mass is 32.2. The third kappa shape index (κ3) is 2.33. The van der Waals surface area contributed by atoms with Gasteiger partial charge in [-0.15, -0.1) is 0 Å². The first-order valence-corrected chi connectivity index (χ1v) is 8.46. The van der Waals surface area contributed by atoms with Gasteiger partial charge >= 0.3 is 0 Å². The molecule has 2 N–H and O–H groups in total. The molecule has 1 heterocycles. The Morgan fingerprint density at radius 2 is 1.60 bits per heavy atom. The average Bonchev–Trinajstić information content (AvgIpc) is 2.68. The van der Waals surface area contributed by atoms with Crippen molar-refractivity contribution < 1.29 is 8.42 Å². The predicted molar refractivity (Wildman–Crippen MR) is 82.2 cm³/mol. The Kier molecular flexibility index (Phi) is 3.86. The minimum absolute atomic E-state index is 0.396. The van der Waals surface area contributed by atoms with Gasteiger partial charge in [0.1, 0.15) is 0 Å². The van der Waals surface area contributed by atoms with E-state index in [-0.39, 0.29) is 0 Å². The minimum atomic E-state index is -3.46. The second kappa shape index (κ2) is 5.04. The number of nitrogens with zero attached hydrogens (tertiary/aromatic N) is 1. The van der Waals surface area contributed by atoms with E-state index in [2.05, 4.69) is 13.8 Å². The summed E-state index contributed by atoms with van der Waals surface area (Å²) in [5.74, 6) is 0.792. The Bertz CT molecular complexity index is 602. The lowest BCUT2D eigenvalue weighted by Crippen LogP contribution is -2.30. The fourth-order valence-corrected chi connectivity index (χ4v) is 5.00. The molecule has 0 saturated carbocycles. The van der Waals surface area contributed by atoms with Crippen LogP contribution in [0, 0.1) is 32.6 Å². The van der Waals surface area contributed by atoms with Crippen molar-refractivity contribution in [3.8, 4) is 0 Å². The van der Waals surface area contributed by atoms with Crippen molar-refractivity contribution in [2.75, 3.05) is 18.8 Å². The maximum absolute atomic E-state index is 12.9. The van der Waals surface area contributed by atoms with Crippen molar-refractivity contribution in [1.29, 1.82) is 0 Å². The van der Waals surface area contributed by atoms with Crippen molar-refractivity contribution >= 4 is 15.7 Å². The van der Waals surface area contributed by atoms with Gasteiger partial charge in [0.2, 0.25) is 10.0 Å². The number of benzene rings is 1. The van der Waals surface area contributed by atoms with E-state index in [1.54, 1.807) is 11.2 Å². The van der Waals surface area contributed by atoms with Crippen LogP contribution in [0.15, 0.2) is 11.0 Å². The molecule has 2 atom stereocenters. The highest BCUT2D eigenvalue weighted by Gasteiger charge is 2.36. The van der Waals surface area contributed by atoms with Crippen LogP contribution in [0.25, 0.3) is 0 Å². The van der Waals surface area contributed by atoms with Crippen LogP contribution >= 0.6 is 0 Å².